The van der Waals surface area contributed by atoms with Crippen molar-refractivity contribution in [1.82, 2.24) is 0 Å². The van der Waals surface area contributed by atoms with E-state index in [4.69, 9.17) is 10.5 Å². The molecule has 0 aliphatic heterocycles. The SMILES string of the molecule is N#C[S][Hg][S]C#N.[KH]. The predicted octanol–water partition coefficient (Wildman–Crippen LogP) is 0.679. The van der Waals surface area contributed by atoms with Crippen LogP contribution in [0.3, 0.4) is 0 Å². The summed E-state index contributed by atoms with van der Waals surface area (Å²) < 4.78 is 0. The van der Waals surface area contributed by atoms with Crippen molar-refractivity contribution in [2.45, 2.75) is 0 Å². The summed E-state index contributed by atoms with van der Waals surface area (Å²) in [5, 5.41) is 19.8. The Morgan fingerprint density at radius 1 is 1.12 bits per heavy atom. The molecule has 0 rings (SSSR count). The van der Waals surface area contributed by atoms with Crippen molar-refractivity contribution in [2.75, 3.05) is 0 Å². The Morgan fingerprint density at radius 2 is 1.50 bits per heavy atom. The van der Waals surface area contributed by atoms with Crippen molar-refractivity contribution in [3.8, 4) is 10.8 Å². The molecule has 0 radical (unpaired) electrons. The monoisotopic (exact) mass is 358 g/mol. The number of nitrogens with zero attached hydrogens (tertiary/aromatic N) is 2. The van der Waals surface area contributed by atoms with Crippen LogP contribution in [0.4, 0.5) is 0 Å². The molecule has 0 aromatic heterocycles. The van der Waals surface area contributed by atoms with Crippen LogP contribution in [0.1, 0.15) is 0 Å². The summed E-state index contributed by atoms with van der Waals surface area (Å²) in [6.07, 6.45) is 0. The van der Waals surface area contributed by atoms with Gasteiger partial charge in [0.1, 0.15) is 0 Å². The standard InChI is InChI=1S/2CHNS.Hg.K.H/c2*2-1-3;;;/h2*3H;;;/q;;+2;;/p-2. The van der Waals surface area contributed by atoms with Crippen LogP contribution in [-0.2, 0) is 21.5 Å². The number of rotatable bonds is 2. The summed E-state index contributed by atoms with van der Waals surface area (Å²) in [6, 6.07) is 0. The number of nitriles is 2. The van der Waals surface area contributed by atoms with E-state index in [1.807, 2.05) is 10.8 Å². The summed E-state index contributed by atoms with van der Waals surface area (Å²) >= 11 is -1.09. The third-order valence-corrected chi connectivity index (χ3v) is 12.7. The molecule has 0 heterocycles. The Labute approximate surface area is 108 Å². The van der Waals surface area contributed by atoms with Crippen LogP contribution in [0.5, 0.6) is 0 Å². The van der Waals surface area contributed by atoms with Crippen molar-refractivity contribution in [1.29, 1.82) is 10.5 Å². The zero-order chi connectivity index (χ0) is 5.54. The topological polar surface area (TPSA) is 47.6 Å². The van der Waals surface area contributed by atoms with Gasteiger partial charge in [-0.05, 0) is 0 Å². The van der Waals surface area contributed by atoms with Gasteiger partial charge < -0.3 is 0 Å². The first-order valence-electron chi connectivity index (χ1n) is 1.43. The maximum atomic E-state index is 7.94. The van der Waals surface area contributed by atoms with Crippen molar-refractivity contribution in [2.24, 2.45) is 0 Å². The van der Waals surface area contributed by atoms with E-state index in [-0.39, 0.29) is 51.4 Å². The van der Waals surface area contributed by atoms with Gasteiger partial charge in [0, 0.05) is 0 Å². The van der Waals surface area contributed by atoms with Gasteiger partial charge >= 0.3 is 111 Å². The molecule has 0 N–H and O–H groups in total. The second-order valence-corrected chi connectivity index (χ2v) is 17.5. The van der Waals surface area contributed by atoms with Gasteiger partial charge in [0.2, 0.25) is 0 Å². The molecular formula is C2HHgKN2S2. The first kappa shape index (κ1) is 12.9. The summed E-state index contributed by atoms with van der Waals surface area (Å²) in [7, 11) is 2.60. The zero-order valence-corrected chi connectivity index (χ0v) is 10.5. The number of hydrogen-bond acceptors (Lipinski definition) is 4. The Balaban J connectivity index is 0. The summed E-state index contributed by atoms with van der Waals surface area (Å²) in [5.74, 6) is 0. The molecule has 0 unspecified atom stereocenters. The van der Waals surface area contributed by atoms with Crippen LogP contribution in [0.2, 0.25) is 0 Å². The first-order valence-corrected chi connectivity index (χ1v) is 16.9. The van der Waals surface area contributed by atoms with E-state index in [0.29, 0.717) is 0 Å². The molecule has 0 saturated carbocycles. The van der Waals surface area contributed by atoms with E-state index in [9.17, 15) is 0 Å². The fourth-order valence-corrected chi connectivity index (χ4v) is 6.49. The fourth-order valence-electron chi connectivity index (χ4n) is 0.0822. The van der Waals surface area contributed by atoms with Gasteiger partial charge in [-0.2, -0.15) is 0 Å². The van der Waals surface area contributed by atoms with Gasteiger partial charge in [0.25, 0.3) is 0 Å². The molecule has 6 heteroatoms. The normalized spacial score (nSPS) is 4.75. The van der Waals surface area contributed by atoms with E-state index in [2.05, 4.69) is 0 Å². The third kappa shape index (κ3) is 11.1. The van der Waals surface area contributed by atoms with Crippen LogP contribution in [-0.4, -0.2) is 51.4 Å². The molecule has 0 amide bonds. The Hall–Kier alpha value is 2.25. The summed E-state index contributed by atoms with van der Waals surface area (Å²) in [4.78, 5) is 0. The molecule has 8 heavy (non-hydrogen) atoms. The quantitative estimate of drug-likeness (QED) is 0.415. The molecule has 0 saturated heterocycles. The molecule has 0 aliphatic carbocycles. The van der Waals surface area contributed by atoms with Gasteiger partial charge in [-0.3, -0.25) is 0 Å². The van der Waals surface area contributed by atoms with E-state index < -0.39 is 21.5 Å². The van der Waals surface area contributed by atoms with Crippen molar-refractivity contribution >= 4 is 67.9 Å². The molecule has 0 bridgehead atoms. The van der Waals surface area contributed by atoms with Crippen molar-refractivity contribution in [3.63, 3.8) is 0 Å². The van der Waals surface area contributed by atoms with Crippen LogP contribution in [0, 0.1) is 21.3 Å². The molecule has 0 aromatic carbocycles. The van der Waals surface area contributed by atoms with E-state index in [1.54, 1.807) is 0 Å². The Morgan fingerprint density at radius 3 is 1.75 bits per heavy atom. The fraction of sp³-hybridized carbons (Fsp3) is 0. The molecule has 0 aliphatic rings. The van der Waals surface area contributed by atoms with Crippen LogP contribution in [0.25, 0.3) is 0 Å². The molecule has 34 valence electrons. The van der Waals surface area contributed by atoms with E-state index >= 15 is 0 Å². The molecule has 0 fully saturated rings. The van der Waals surface area contributed by atoms with Gasteiger partial charge in [-0.15, -0.1) is 0 Å². The summed E-state index contributed by atoms with van der Waals surface area (Å²) in [6.45, 7) is 0. The second kappa shape index (κ2) is 12.0. The molecular weight excluding hydrogens is 356 g/mol. The Bertz CT molecular complexity index is 102. The van der Waals surface area contributed by atoms with Gasteiger partial charge in [-0.1, -0.05) is 0 Å². The molecule has 0 spiro atoms. The van der Waals surface area contributed by atoms with E-state index in [1.165, 1.54) is 16.5 Å². The van der Waals surface area contributed by atoms with E-state index in [0.717, 1.165) is 0 Å². The zero-order valence-electron chi connectivity index (χ0n) is 3.42. The van der Waals surface area contributed by atoms with Gasteiger partial charge in [0.05, 0.1) is 0 Å². The molecule has 0 aromatic rings. The molecule has 0 atom stereocenters. The average Bonchev–Trinajstić information content (AvgIpc) is 1.69. The summed E-state index contributed by atoms with van der Waals surface area (Å²) in [5.41, 5.74) is 0. The third-order valence-electron chi connectivity index (χ3n) is 0.247. The minimum absolute atomic E-state index is 0. The van der Waals surface area contributed by atoms with Crippen molar-refractivity contribution < 1.29 is 21.5 Å². The first-order chi connectivity index (χ1) is 3.41. The number of hydrogen-bond donors (Lipinski definition) is 0. The second-order valence-electron chi connectivity index (χ2n) is 0.589. The maximum absolute atomic E-state index is 7.94. The van der Waals surface area contributed by atoms with Gasteiger partial charge in [0.15, 0.2) is 0 Å². The average molecular weight is 357 g/mol. The predicted molar refractivity (Wildman–Crippen MR) is 33.6 cm³/mol. The Kier molecular flexibility index (Phi) is 19.3. The number of thiocyanates is 2. The van der Waals surface area contributed by atoms with Crippen LogP contribution < -0.4 is 0 Å². The molecule has 2 nitrogen and oxygen atoms in total. The van der Waals surface area contributed by atoms with Crippen molar-refractivity contribution in [3.05, 3.63) is 0 Å². The minimum atomic E-state index is -1.09. The van der Waals surface area contributed by atoms with Gasteiger partial charge in [-0.25, -0.2) is 0 Å². The van der Waals surface area contributed by atoms with Crippen LogP contribution >= 0.6 is 16.5 Å². The van der Waals surface area contributed by atoms with Crippen LogP contribution in [0.15, 0.2) is 0 Å².